The Morgan fingerprint density at radius 1 is 1.31 bits per heavy atom. The van der Waals surface area contributed by atoms with E-state index in [0.717, 1.165) is 25.8 Å². The summed E-state index contributed by atoms with van der Waals surface area (Å²) in [6, 6.07) is 0. The predicted molar refractivity (Wildman–Crippen MR) is 57.0 cm³/mol. The first kappa shape index (κ1) is 12.8. The lowest BCUT2D eigenvalue weighted by Crippen LogP contribution is -2.36. The topological polar surface area (TPSA) is 29.1 Å². The quantitative estimate of drug-likeness (QED) is 0.664. The molecular weight excluding hydrogens is 186 g/mol. The molecule has 0 aliphatic rings. The molecule has 0 heterocycles. The van der Waals surface area contributed by atoms with Crippen molar-refractivity contribution in [2.24, 2.45) is 5.92 Å². The molecule has 0 aliphatic carbocycles. The van der Waals surface area contributed by atoms with Crippen LogP contribution in [0.4, 0.5) is 0 Å². The van der Waals surface area contributed by atoms with Crippen LogP contribution in [0.1, 0.15) is 40.0 Å². The van der Waals surface area contributed by atoms with Crippen molar-refractivity contribution < 1.29 is 4.79 Å². The van der Waals surface area contributed by atoms with E-state index in [0.29, 0.717) is 5.92 Å². The minimum atomic E-state index is -0.360. The molecule has 0 aromatic heterocycles. The third-order valence-corrected chi connectivity index (χ3v) is 2.82. The van der Waals surface area contributed by atoms with Gasteiger partial charge in [-0.3, -0.25) is 4.79 Å². The number of hydrogen-bond donors (Lipinski definition) is 1. The van der Waals surface area contributed by atoms with Gasteiger partial charge in [-0.1, -0.05) is 33.6 Å². The zero-order chi connectivity index (χ0) is 10.3. The van der Waals surface area contributed by atoms with Gasteiger partial charge in [-0.2, -0.15) is 0 Å². The number of carbonyl (C=O) groups excluding carboxylic acids is 1. The van der Waals surface area contributed by atoms with Crippen LogP contribution < -0.4 is 5.32 Å². The van der Waals surface area contributed by atoms with Crippen LogP contribution in [0.5, 0.6) is 0 Å². The lowest BCUT2D eigenvalue weighted by atomic mass is 9.98. The number of carbonyl (C=O) groups is 1. The van der Waals surface area contributed by atoms with Gasteiger partial charge in [0.25, 0.3) is 0 Å². The number of hydrogen-bond acceptors (Lipinski definition) is 1. The van der Waals surface area contributed by atoms with E-state index in [1.807, 2.05) is 6.92 Å². The Bertz CT molecular complexity index is 146. The van der Waals surface area contributed by atoms with Crippen LogP contribution in [-0.4, -0.2) is 17.8 Å². The molecule has 0 aromatic rings. The van der Waals surface area contributed by atoms with E-state index in [4.69, 9.17) is 11.6 Å². The highest BCUT2D eigenvalue weighted by Gasteiger charge is 2.22. The molecule has 0 saturated heterocycles. The molecule has 78 valence electrons. The molecule has 1 amide bonds. The number of nitrogens with one attached hydrogen (secondary N) is 1. The van der Waals surface area contributed by atoms with Gasteiger partial charge >= 0.3 is 0 Å². The Kier molecular flexibility index (Phi) is 7.06. The van der Waals surface area contributed by atoms with E-state index in [2.05, 4.69) is 19.2 Å². The molecule has 1 N–H and O–H groups in total. The maximum absolute atomic E-state index is 11.4. The first-order valence-electron chi connectivity index (χ1n) is 5.09. The van der Waals surface area contributed by atoms with Gasteiger partial charge in [-0.25, -0.2) is 0 Å². The van der Waals surface area contributed by atoms with Crippen LogP contribution in [0.15, 0.2) is 0 Å². The summed E-state index contributed by atoms with van der Waals surface area (Å²) in [6.07, 6.45) is 2.88. The summed E-state index contributed by atoms with van der Waals surface area (Å²) in [7, 11) is 0. The summed E-state index contributed by atoms with van der Waals surface area (Å²) < 4.78 is 0. The van der Waals surface area contributed by atoms with Gasteiger partial charge in [0, 0.05) is 6.54 Å². The van der Waals surface area contributed by atoms with Gasteiger partial charge in [-0.05, 0) is 12.3 Å². The van der Waals surface area contributed by atoms with E-state index in [1.54, 1.807) is 0 Å². The molecule has 13 heavy (non-hydrogen) atoms. The number of halogens is 1. The highest BCUT2D eigenvalue weighted by molar-refractivity contribution is 6.30. The fourth-order valence-corrected chi connectivity index (χ4v) is 1.70. The Balaban J connectivity index is 3.91. The van der Waals surface area contributed by atoms with Crippen molar-refractivity contribution in [1.82, 2.24) is 5.32 Å². The number of rotatable bonds is 6. The van der Waals surface area contributed by atoms with E-state index in [1.165, 1.54) is 0 Å². The second kappa shape index (κ2) is 7.19. The highest BCUT2D eigenvalue weighted by atomic mass is 35.5. The molecular formula is C10H20ClNO. The Labute approximate surface area is 86.0 Å². The monoisotopic (exact) mass is 205 g/mol. The van der Waals surface area contributed by atoms with Crippen molar-refractivity contribution in [1.29, 1.82) is 0 Å². The molecule has 0 fully saturated rings. The first-order chi connectivity index (χ1) is 6.17. The van der Waals surface area contributed by atoms with Crippen molar-refractivity contribution in [2.75, 3.05) is 6.54 Å². The molecule has 0 spiro atoms. The van der Waals surface area contributed by atoms with Crippen LogP contribution >= 0.6 is 11.6 Å². The summed E-state index contributed by atoms with van der Waals surface area (Å²) in [4.78, 5) is 11.4. The lowest BCUT2D eigenvalue weighted by molar-refractivity contribution is -0.121. The van der Waals surface area contributed by atoms with Crippen LogP contribution in [0.2, 0.25) is 0 Å². The zero-order valence-corrected chi connectivity index (χ0v) is 9.53. The molecule has 0 aromatic carbocycles. The summed E-state index contributed by atoms with van der Waals surface area (Å²) in [5.74, 6) is 0.288. The van der Waals surface area contributed by atoms with Gasteiger partial charge in [0.1, 0.15) is 5.38 Å². The van der Waals surface area contributed by atoms with E-state index in [9.17, 15) is 4.79 Å². The standard InChI is InChI=1S/C10H20ClNO/c1-4-7-12-10(13)9(11)8(5-2)6-3/h8-9H,4-7H2,1-3H3,(H,12,13). The Hall–Kier alpha value is -0.240. The molecule has 0 radical (unpaired) electrons. The lowest BCUT2D eigenvalue weighted by Gasteiger charge is -2.18. The zero-order valence-electron chi connectivity index (χ0n) is 8.77. The van der Waals surface area contributed by atoms with Crippen molar-refractivity contribution in [3.05, 3.63) is 0 Å². The molecule has 0 rings (SSSR count). The maximum atomic E-state index is 11.4. The molecule has 0 bridgehead atoms. The van der Waals surface area contributed by atoms with Crippen LogP contribution in [0, 0.1) is 5.92 Å². The maximum Gasteiger partial charge on any atom is 0.238 e. The van der Waals surface area contributed by atoms with Gasteiger partial charge in [-0.15, -0.1) is 11.6 Å². The molecule has 2 nitrogen and oxygen atoms in total. The average molecular weight is 206 g/mol. The fraction of sp³-hybridized carbons (Fsp3) is 0.900. The third kappa shape index (κ3) is 4.51. The molecule has 0 saturated carbocycles. The van der Waals surface area contributed by atoms with Crippen molar-refractivity contribution >= 4 is 17.5 Å². The minimum Gasteiger partial charge on any atom is -0.355 e. The molecule has 1 unspecified atom stereocenters. The van der Waals surface area contributed by atoms with Gasteiger partial charge < -0.3 is 5.32 Å². The Morgan fingerprint density at radius 3 is 2.23 bits per heavy atom. The van der Waals surface area contributed by atoms with Gasteiger partial charge in [0.05, 0.1) is 0 Å². The molecule has 3 heteroatoms. The largest absolute Gasteiger partial charge is 0.355 e. The van der Waals surface area contributed by atoms with Crippen LogP contribution in [0.25, 0.3) is 0 Å². The third-order valence-electron chi connectivity index (χ3n) is 2.26. The predicted octanol–water partition coefficient (Wildman–Crippen LogP) is 2.56. The SMILES string of the molecule is CCCNC(=O)C(Cl)C(CC)CC. The summed E-state index contributed by atoms with van der Waals surface area (Å²) >= 11 is 6.02. The Morgan fingerprint density at radius 2 is 1.85 bits per heavy atom. The fourth-order valence-electron chi connectivity index (χ4n) is 1.26. The van der Waals surface area contributed by atoms with Gasteiger partial charge in [0.2, 0.25) is 5.91 Å². The van der Waals surface area contributed by atoms with Crippen LogP contribution in [0.3, 0.4) is 0 Å². The van der Waals surface area contributed by atoms with Crippen LogP contribution in [-0.2, 0) is 4.79 Å². The summed E-state index contributed by atoms with van der Waals surface area (Å²) in [6.45, 7) is 6.89. The second-order valence-corrected chi connectivity index (χ2v) is 3.74. The van der Waals surface area contributed by atoms with Crippen molar-refractivity contribution in [2.45, 2.75) is 45.4 Å². The smallest absolute Gasteiger partial charge is 0.238 e. The van der Waals surface area contributed by atoms with E-state index < -0.39 is 0 Å². The highest BCUT2D eigenvalue weighted by Crippen LogP contribution is 2.18. The van der Waals surface area contributed by atoms with Gasteiger partial charge in [0.15, 0.2) is 0 Å². The molecule has 1 atom stereocenters. The second-order valence-electron chi connectivity index (χ2n) is 3.27. The number of alkyl halides is 1. The number of amides is 1. The first-order valence-corrected chi connectivity index (χ1v) is 5.52. The summed E-state index contributed by atoms with van der Waals surface area (Å²) in [5, 5.41) is 2.45. The normalized spacial score (nSPS) is 13.0. The van der Waals surface area contributed by atoms with E-state index >= 15 is 0 Å². The van der Waals surface area contributed by atoms with E-state index in [-0.39, 0.29) is 11.3 Å². The van der Waals surface area contributed by atoms with Crippen molar-refractivity contribution in [3.8, 4) is 0 Å². The summed E-state index contributed by atoms with van der Waals surface area (Å²) in [5.41, 5.74) is 0. The minimum absolute atomic E-state index is 0.0165. The molecule has 0 aliphatic heterocycles. The average Bonchev–Trinajstić information content (AvgIpc) is 2.15. The van der Waals surface area contributed by atoms with Crippen molar-refractivity contribution in [3.63, 3.8) is 0 Å².